The Kier molecular flexibility index (Phi) is 4.62. The lowest BCUT2D eigenvalue weighted by molar-refractivity contribution is 0.507. The summed E-state index contributed by atoms with van der Waals surface area (Å²) >= 11 is 0. The highest BCUT2D eigenvalue weighted by molar-refractivity contribution is 5.84. The second-order valence-electron chi connectivity index (χ2n) is 7.23. The number of aromatic amines is 1. The number of H-pyrrole nitrogens is 1. The second kappa shape index (κ2) is 7.49. The van der Waals surface area contributed by atoms with Gasteiger partial charge in [0.25, 0.3) is 5.56 Å². The standard InChI is InChI=1S/C22H15F3N6O/c1-11(30-21-19-20(27-9-26-19)28-10-29-21)18-6-12-2-3-13(23)7-15(12)22(32)31(18)14-4-5-16(24)17(25)8-14/h2-11H,1H3,(H2,26,27,28,29,30)/t11-/m0/s1. The fraction of sp³-hybridized carbons (Fsp3) is 0.0909. The third kappa shape index (κ3) is 3.25. The molecule has 0 fully saturated rings. The maximum atomic E-state index is 14.0. The van der Waals surface area contributed by atoms with E-state index in [2.05, 4.69) is 25.3 Å². The molecule has 0 saturated heterocycles. The topological polar surface area (TPSA) is 88.5 Å². The van der Waals surface area contributed by atoms with Crippen LogP contribution < -0.4 is 10.9 Å². The first-order valence-electron chi connectivity index (χ1n) is 9.63. The number of nitrogens with zero attached hydrogens (tertiary/aromatic N) is 4. The number of anilines is 1. The van der Waals surface area contributed by atoms with Gasteiger partial charge in [-0.05, 0) is 42.6 Å². The van der Waals surface area contributed by atoms with Crippen molar-refractivity contribution in [3.63, 3.8) is 0 Å². The zero-order valence-electron chi connectivity index (χ0n) is 16.6. The second-order valence-corrected chi connectivity index (χ2v) is 7.23. The van der Waals surface area contributed by atoms with Gasteiger partial charge in [0.05, 0.1) is 23.4 Å². The largest absolute Gasteiger partial charge is 0.360 e. The van der Waals surface area contributed by atoms with E-state index in [0.29, 0.717) is 28.1 Å². The van der Waals surface area contributed by atoms with Gasteiger partial charge in [-0.2, -0.15) is 0 Å². The fourth-order valence-electron chi connectivity index (χ4n) is 3.66. The van der Waals surface area contributed by atoms with Crippen molar-refractivity contribution in [1.82, 2.24) is 24.5 Å². The summed E-state index contributed by atoms with van der Waals surface area (Å²) in [5.74, 6) is -2.29. The normalized spacial score (nSPS) is 12.4. The molecule has 10 heteroatoms. The summed E-state index contributed by atoms with van der Waals surface area (Å²) in [6.07, 6.45) is 2.85. The third-order valence-corrected chi connectivity index (χ3v) is 5.19. The average Bonchev–Trinajstić information content (AvgIpc) is 3.26. The third-order valence-electron chi connectivity index (χ3n) is 5.19. The summed E-state index contributed by atoms with van der Waals surface area (Å²) in [5, 5.41) is 3.81. The smallest absolute Gasteiger partial charge is 0.263 e. The molecule has 160 valence electrons. The van der Waals surface area contributed by atoms with E-state index in [0.717, 1.165) is 18.2 Å². The van der Waals surface area contributed by atoms with Gasteiger partial charge in [0.15, 0.2) is 23.1 Å². The van der Waals surface area contributed by atoms with Crippen LogP contribution in [0.15, 0.2) is 59.9 Å². The van der Waals surface area contributed by atoms with Gasteiger partial charge in [-0.25, -0.2) is 28.1 Å². The number of imidazole rings is 1. The van der Waals surface area contributed by atoms with E-state index in [1.54, 1.807) is 13.0 Å². The monoisotopic (exact) mass is 436 g/mol. The zero-order valence-corrected chi connectivity index (χ0v) is 16.6. The van der Waals surface area contributed by atoms with Crippen LogP contribution in [-0.4, -0.2) is 24.5 Å². The van der Waals surface area contributed by atoms with Gasteiger partial charge in [0.1, 0.15) is 17.7 Å². The lowest BCUT2D eigenvalue weighted by Crippen LogP contribution is -2.26. The van der Waals surface area contributed by atoms with Crippen LogP contribution in [0.4, 0.5) is 19.0 Å². The molecule has 0 bridgehead atoms. The van der Waals surface area contributed by atoms with E-state index in [1.807, 2.05) is 0 Å². The van der Waals surface area contributed by atoms with Crippen LogP contribution in [0.1, 0.15) is 18.7 Å². The Labute approximate surface area is 178 Å². The van der Waals surface area contributed by atoms with Crippen molar-refractivity contribution in [2.24, 2.45) is 0 Å². The van der Waals surface area contributed by atoms with Gasteiger partial charge in [-0.1, -0.05) is 6.07 Å². The summed E-state index contributed by atoms with van der Waals surface area (Å²) in [7, 11) is 0. The quantitative estimate of drug-likeness (QED) is 0.440. The number of rotatable bonds is 4. The molecule has 0 aliphatic rings. The maximum Gasteiger partial charge on any atom is 0.263 e. The minimum absolute atomic E-state index is 0.108. The Hall–Kier alpha value is -4.21. The van der Waals surface area contributed by atoms with Crippen LogP contribution in [0.3, 0.4) is 0 Å². The average molecular weight is 436 g/mol. The van der Waals surface area contributed by atoms with Crippen LogP contribution in [0.5, 0.6) is 0 Å². The van der Waals surface area contributed by atoms with Gasteiger partial charge in [0, 0.05) is 11.8 Å². The number of halogens is 3. The molecule has 5 aromatic rings. The Balaban J connectivity index is 1.71. The molecular weight excluding hydrogens is 421 g/mol. The maximum absolute atomic E-state index is 14.0. The van der Waals surface area contributed by atoms with Crippen molar-refractivity contribution >= 4 is 27.8 Å². The van der Waals surface area contributed by atoms with Gasteiger partial charge < -0.3 is 10.3 Å². The van der Waals surface area contributed by atoms with Gasteiger partial charge in [-0.15, -0.1) is 0 Å². The highest BCUT2D eigenvalue weighted by Crippen LogP contribution is 2.26. The predicted molar refractivity (Wildman–Crippen MR) is 113 cm³/mol. The molecule has 32 heavy (non-hydrogen) atoms. The fourth-order valence-corrected chi connectivity index (χ4v) is 3.66. The molecule has 2 N–H and O–H groups in total. The highest BCUT2D eigenvalue weighted by Gasteiger charge is 2.19. The van der Waals surface area contributed by atoms with Crippen molar-refractivity contribution < 1.29 is 13.2 Å². The summed E-state index contributed by atoms with van der Waals surface area (Å²) < 4.78 is 42.6. The van der Waals surface area contributed by atoms with E-state index in [9.17, 15) is 18.0 Å². The summed E-state index contributed by atoms with van der Waals surface area (Å²) in [4.78, 5) is 28.7. The lowest BCUT2D eigenvalue weighted by atomic mass is 10.1. The molecule has 0 amide bonds. The van der Waals surface area contributed by atoms with Crippen LogP contribution in [0.2, 0.25) is 0 Å². The summed E-state index contributed by atoms with van der Waals surface area (Å²) in [5.41, 5.74) is 1.01. The minimum Gasteiger partial charge on any atom is -0.360 e. The number of nitrogens with one attached hydrogen (secondary N) is 2. The zero-order chi connectivity index (χ0) is 22.4. The first-order valence-corrected chi connectivity index (χ1v) is 9.63. The minimum atomic E-state index is -1.10. The number of hydrogen-bond donors (Lipinski definition) is 2. The molecule has 2 aromatic carbocycles. The number of benzene rings is 2. The molecule has 0 saturated carbocycles. The Morgan fingerprint density at radius 2 is 1.84 bits per heavy atom. The van der Waals surface area contributed by atoms with Crippen molar-refractivity contribution in [2.75, 3.05) is 5.32 Å². The molecule has 3 aromatic heterocycles. The Bertz CT molecular complexity index is 1540. The summed E-state index contributed by atoms with van der Waals surface area (Å²) in [6, 6.07) is 8.18. The molecule has 5 rings (SSSR count). The molecule has 0 aliphatic heterocycles. The van der Waals surface area contributed by atoms with Crippen LogP contribution in [0, 0.1) is 17.5 Å². The van der Waals surface area contributed by atoms with Crippen LogP contribution >= 0.6 is 0 Å². The van der Waals surface area contributed by atoms with E-state index < -0.39 is 29.1 Å². The Morgan fingerprint density at radius 1 is 1.00 bits per heavy atom. The van der Waals surface area contributed by atoms with E-state index in [-0.39, 0.29) is 11.1 Å². The molecule has 0 unspecified atom stereocenters. The molecule has 3 heterocycles. The van der Waals surface area contributed by atoms with Crippen molar-refractivity contribution in [1.29, 1.82) is 0 Å². The van der Waals surface area contributed by atoms with Gasteiger partial charge >= 0.3 is 0 Å². The first kappa shape index (κ1) is 19.7. The van der Waals surface area contributed by atoms with Crippen molar-refractivity contribution in [3.8, 4) is 5.69 Å². The number of hydrogen-bond acceptors (Lipinski definition) is 5. The van der Waals surface area contributed by atoms with Crippen LogP contribution in [-0.2, 0) is 0 Å². The van der Waals surface area contributed by atoms with Crippen LogP contribution in [0.25, 0.3) is 27.6 Å². The SMILES string of the molecule is C[C@H](Nc1ncnc2[nH]cnc12)c1cc2ccc(F)cc2c(=O)n1-c1ccc(F)c(F)c1. The van der Waals surface area contributed by atoms with E-state index >= 15 is 0 Å². The van der Waals surface area contributed by atoms with E-state index in [4.69, 9.17) is 0 Å². The van der Waals surface area contributed by atoms with Crippen molar-refractivity contribution in [3.05, 3.63) is 88.6 Å². The summed E-state index contributed by atoms with van der Waals surface area (Å²) in [6.45, 7) is 1.78. The molecule has 0 spiro atoms. The highest BCUT2D eigenvalue weighted by atomic mass is 19.2. The lowest BCUT2D eigenvalue weighted by Gasteiger charge is -2.21. The molecule has 0 radical (unpaired) electrons. The molecular formula is C22H15F3N6O. The molecule has 0 aliphatic carbocycles. The number of aromatic nitrogens is 5. The van der Waals surface area contributed by atoms with Gasteiger partial charge in [0.2, 0.25) is 0 Å². The molecule has 7 nitrogen and oxygen atoms in total. The number of fused-ring (bicyclic) bond motifs is 2. The number of pyridine rings is 1. The van der Waals surface area contributed by atoms with Crippen molar-refractivity contribution in [2.45, 2.75) is 13.0 Å². The predicted octanol–water partition coefficient (Wildman–Crippen LogP) is 4.25. The van der Waals surface area contributed by atoms with Gasteiger partial charge in [-0.3, -0.25) is 9.36 Å². The van der Waals surface area contributed by atoms with E-state index in [1.165, 1.54) is 35.4 Å². The molecule has 1 atom stereocenters. The Morgan fingerprint density at radius 3 is 2.66 bits per heavy atom. The first-order chi connectivity index (χ1) is 15.4.